The lowest BCUT2D eigenvalue weighted by molar-refractivity contribution is 0.0938. The van der Waals surface area contributed by atoms with Crippen LogP contribution in [0.25, 0.3) is 16.8 Å². The normalized spacial score (nSPS) is 12.1. The van der Waals surface area contributed by atoms with E-state index in [1.54, 1.807) is 23.6 Å². The molecule has 0 bridgehead atoms. The smallest absolute Gasteiger partial charge is 0.253 e. The Bertz CT molecular complexity index is 1200. The molecule has 1 amide bonds. The molecule has 0 aliphatic heterocycles. The van der Waals surface area contributed by atoms with Crippen molar-refractivity contribution in [3.05, 3.63) is 83.6 Å². The fourth-order valence-corrected chi connectivity index (χ4v) is 3.10. The number of nitrogens with zero attached hydrogens (tertiary/aromatic N) is 4. The molecule has 4 aromatic rings. The largest absolute Gasteiger partial charge is 0.344 e. The molecule has 8 heteroatoms. The molecule has 1 N–H and O–H groups in total. The molecule has 3 heterocycles. The Labute approximate surface area is 165 Å². The van der Waals surface area contributed by atoms with Crippen molar-refractivity contribution in [3.8, 4) is 11.1 Å². The van der Waals surface area contributed by atoms with E-state index in [4.69, 9.17) is 0 Å². The van der Waals surface area contributed by atoms with Crippen LogP contribution in [-0.4, -0.2) is 25.5 Å². The Kier molecular flexibility index (Phi) is 4.75. The van der Waals surface area contributed by atoms with Gasteiger partial charge in [0.2, 0.25) is 0 Å². The molecule has 0 unspecified atom stereocenters. The van der Waals surface area contributed by atoms with Gasteiger partial charge in [-0.1, -0.05) is 29.8 Å². The summed E-state index contributed by atoms with van der Waals surface area (Å²) in [6.07, 6.45) is 4.03. The molecule has 0 spiro atoms. The van der Waals surface area contributed by atoms with E-state index in [2.05, 4.69) is 20.5 Å². The van der Waals surface area contributed by atoms with E-state index in [1.165, 1.54) is 6.33 Å². The molecule has 4 rings (SSSR count). The Hall–Kier alpha value is -3.68. The first-order valence-corrected chi connectivity index (χ1v) is 8.94. The van der Waals surface area contributed by atoms with Crippen molar-refractivity contribution in [1.29, 1.82) is 0 Å². The van der Waals surface area contributed by atoms with Gasteiger partial charge in [-0.05, 0) is 25.5 Å². The fourth-order valence-electron chi connectivity index (χ4n) is 3.10. The van der Waals surface area contributed by atoms with Crippen molar-refractivity contribution in [3.63, 3.8) is 0 Å². The topological polar surface area (TPSA) is 72.2 Å². The van der Waals surface area contributed by atoms with Gasteiger partial charge in [0, 0.05) is 17.8 Å². The maximum Gasteiger partial charge on any atom is 0.253 e. The van der Waals surface area contributed by atoms with Crippen LogP contribution in [0.2, 0.25) is 0 Å². The van der Waals surface area contributed by atoms with Crippen LogP contribution in [0.4, 0.5) is 8.78 Å². The van der Waals surface area contributed by atoms with E-state index in [1.807, 2.05) is 31.2 Å². The van der Waals surface area contributed by atoms with Gasteiger partial charge in [-0.2, -0.15) is 0 Å². The minimum atomic E-state index is -0.813. The number of rotatable bonds is 4. The Morgan fingerprint density at radius 1 is 1.17 bits per heavy atom. The number of carbonyl (C=O) groups is 1. The molecule has 146 valence electrons. The van der Waals surface area contributed by atoms with Gasteiger partial charge in [-0.15, -0.1) is 10.2 Å². The van der Waals surface area contributed by atoms with E-state index in [0.29, 0.717) is 11.2 Å². The average Bonchev–Trinajstić information content (AvgIpc) is 3.16. The zero-order chi connectivity index (χ0) is 20.5. The quantitative estimate of drug-likeness (QED) is 0.571. The minimum absolute atomic E-state index is 0.0381. The van der Waals surface area contributed by atoms with Crippen molar-refractivity contribution in [1.82, 2.24) is 24.9 Å². The number of hydrogen-bond donors (Lipinski definition) is 1. The van der Waals surface area contributed by atoms with Crippen LogP contribution in [0.1, 0.15) is 34.6 Å². The second-order valence-corrected chi connectivity index (χ2v) is 6.79. The zero-order valence-electron chi connectivity index (χ0n) is 15.7. The third-order valence-corrected chi connectivity index (χ3v) is 4.61. The second kappa shape index (κ2) is 7.38. The zero-order valence-corrected chi connectivity index (χ0v) is 15.7. The maximum atomic E-state index is 14.0. The number of fused-ring (bicyclic) bond motifs is 1. The first-order chi connectivity index (χ1) is 13.9. The molecular weight excluding hydrogens is 376 g/mol. The Morgan fingerprint density at radius 3 is 2.66 bits per heavy atom. The van der Waals surface area contributed by atoms with E-state index in [9.17, 15) is 13.6 Å². The molecule has 0 radical (unpaired) electrons. The van der Waals surface area contributed by atoms with Gasteiger partial charge in [-0.25, -0.2) is 8.78 Å². The SMILES string of the molecule is Cc1ccc(-c2cc(C(=O)N[C@H](C)c3ncc(F)cc3F)cn3cnnc23)cc1. The molecule has 0 fully saturated rings. The van der Waals surface area contributed by atoms with Crippen LogP contribution in [0.15, 0.2) is 55.1 Å². The number of aromatic nitrogens is 4. The molecule has 1 aromatic carbocycles. The van der Waals surface area contributed by atoms with E-state index in [0.717, 1.165) is 29.0 Å². The highest BCUT2D eigenvalue weighted by Crippen LogP contribution is 2.25. The average molecular weight is 393 g/mol. The third-order valence-electron chi connectivity index (χ3n) is 4.61. The Balaban J connectivity index is 1.68. The molecule has 3 aromatic heterocycles. The van der Waals surface area contributed by atoms with Gasteiger partial charge < -0.3 is 5.32 Å². The maximum absolute atomic E-state index is 14.0. The van der Waals surface area contributed by atoms with Crippen molar-refractivity contribution in [2.24, 2.45) is 0 Å². The first kappa shape index (κ1) is 18.7. The van der Waals surface area contributed by atoms with E-state index in [-0.39, 0.29) is 5.69 Å². The molecule has 1 atom stereocenters. The molecule has 6 nitrogen and oxygen atoms in total. The van der Waals surface area contributed by atoms with Gasteiger partial charge in [0.25, 0.3) is 5.91 Å². The number of aryl methyl sites for hydroxylation is 1. The lowest BCUT2D eigenvalue weighted by Gasteiger charge is -2.15. The van der Waals surface area contributed by atoms with Gasteiger partial charge in [0.05, 0.1) is 23.5 Å². The summed E-state index contributed by atoms with van der Waals surface area (Å²) in [7, 11) is 0. The van der Waals surface area contributed by atoms with E-state index < -0.39 is 23.6 Å². The standard InChI is InChI=1S/C21H17F2N5O/c1-12-3-5-14(6-4-12)17-7-15(10-28-11-25-27-20(17)28)21(29)26-13(2)19-18(23)8-16(22)9-24-19/h3-11,13H,1-2H3,(H,26,29)/t13-/m1/s1. The van der Waals surface area contributed by atoms with Crippen LogP contribution >= 0.6 is 0 Å². The predicted octanol–water partition coefficient (Wildman–Crippen LogP) is 3.87. The van der Waals surface area contributed by atoms with E-state index >= 15 is 0 Å². The van der Waals surface area contributed by atoms with Crippen molar-refractivity contribution in [2.75, 3.05) is 0 Å². The van der Waals surface area contributed by atoms with Crippen LogP contribution < -0.4 is 5.32 Å². The number of hydrogen-bond acceptors (Lipinski definition) is 4. The van der Waals surface area contributed by atoms with Crippen LogP contribution in [0, 0.1) is 18.6 Å². The molecule has 29 heavy (non-hydrogen) atoms. The summed E-state index contributed by atoms with van der Waals surface area (Å²) in [4.78, 5) is 16.6. The lowest BCUT2D eigenvalue weighted by atomic mass is 10.0. The monoisotopic (exact) mass is 393 g/mol. The number of nitrogens with one attached hydrogen (secondary N) is 1. The summed E-state index contributed by atoms with van der Waals surface area (Å²) < 4.78 is 28.7. The van der Waals surface area contributed by atoms with Crippen molar-refractivity contribution >= 4 is 11.6 Å². The summed E-state index contributed by atoms with van der Waals surface area (Å²) in [5, 5.41) is 10.8. The van der Waals surface area contributed by atoms with Crippen molar-refractivity contribution in [2.45, 2.75) is 19.9 Å². The highest BCUT2D eigenvalue weighted by molar-refractivity contribution is 5.96. The number of amides is 1. The third kappa shape index (κ3) is 3.69. The molecule has 0 aliphatic rings. The second-order valence-electron chi connectivity index (χ2n) is 6.79. The van der Waals surface area contributed by atoms with Crippen LogP contribution in [0.3, 0.4) is 0 Å². The molecule has 0 aliphatic carbocycles. The molecule has 0 saturated carbocycles. The Morgan fingerprint density at radius 2 is 1.93 bits per heavy atom. The summed E-state index contributed by atoms with van der Waals surface area (Å²) >= 11 is 0. The van der Waals surface area contributed by atoms with Crippen molar-refractivity contribution < 1.29 is 13.6 Å². The highest BCUT2D eigenvalue weighted by atomic mass is 19.1. The summed E-state index contributed by atoms with van der Waals surface area (Å²) in [6.45, 7) is 3.57. The van der Waals surface area contributed by atoms with Gasteiger partial charge >= 0.3 is 0 Å². The molecular formula is C21H17F2N5O. The van der Waals surface area contributed by atoms with Gasteiger partial charge in [-0.3, -0.25) is 14.2 Å². The summed E-state index contributed by atoms with van der Waals surface area (Å²) in [5.41, 5.74) is 3.68. The number of halogens is 2. The highest BCUT2D eigenvalue weighted by Gasteiger charge is 2.19. The minimum Gasteiger partial charge on any atom is -0.344 e. The first-order valence-electron chi connectivity index (χ1n) is 8.94. The summed E-state index contributed by atoms with van der Waals surface area (Å²) in [5.74, 6) is -2.01. The summed E-state index contributed by atoms with van der Waals surface area (Å²) in [6, 6.07) is 9.54. The van der Waals surface area contributed by atoms with Gasteiger partial charge in [0.15, 0.2) is 5.65 Å². The lowest BCUT2D eigenvalue weighted by Crippen LogP contribution is -2.28. The van der Waals surface area contributed by atoms with Crippen LogP contribution in [-0.2, 0) is 0 Å². The fraction of sp³-hybridized carbons (Fsp3) is 0.143. The molecule has 0 saturated heterocycles. The number of benzene rings is 1. The number of carbonyl (C=O) groups excluding carboxylic acids is 1. The van der Waals surface area contributed by atoms with Gasteiger partial charge in [0.1, 0.15) is 18.0 Å². The number of pyridine rings is 2. The van der Waals surface area contributed by atoms with Crippen LogP contribution in [0.5, 0.6) is 0 Å². The predicted molar refractivity (Wildman–Crippen MR) is 103 cm³/mol.